The van der Waals surface area contributed by atoms with Gasteiger partial charge in [-0.25, -0.2) is 4.98 Å². The summed E-state index contributed by atoms with van der Waals surface area (Å²) in [5.41, 5.74) is 0.352. The lowest BCUT2D eigenvalue weighted by atomic mass is 10.1. The van der Waals surface area contributed by atoms with E-state index in [1.54, 1.807) is 24.5 Å². The molecule has 3 rings (SSSR count). The van der Waals surface area contributed by atoms with Crippen LogP contribution in [0.4, 0.5) is 5.82 Å². The van der Waals surface area contributed by atoms with Crippen LogP contribution in [0.1, 0.15) is 10.5 Å². The molecule has 0 unspecified atom stereocenters. The number of aromatic nitrogens is 2. The van der Waals surface area contributed by atoms with E-state index in [-0.39, 0.29) is 5.91 Å². The van der Waals surface area contributed by atoms with Crippen molar-refractivity contribution in [1.29, 1.82) is 0 Å². The molecule has 0 fully saturated rings. The zero-order valence-corrected chi connectivity index (χ0v) is 11.1. The Bertz CT molecular complexity index is 783. The van der Waals surface area contributed by atoms with Crippen LogP contribution in [0.2, 0.25) is 5.02 Å². The molecule has 0 spiro atoms. The Hall–Kier alpha value is -2.46. The predicted molar refractivity (Wildman–Crippen MR) is 78.9 cm³/mol. The van der Waals surface area contributed by atoms with Gasteiger partial charge in [-0.2, -0.15) is 0 Å². The van der Waals surface area contributed by atoms with Crippen LogP contribution in [0.15, 0.2) is 54.9 Å². The van der Waals surface area contributed by atoms with Crippen LogP contribution < -0.4 is 5.32 Å². The minimum atomic E-state index is -0.331. The predicted octanol–water partition coefficient (Wildman–Crippen LogP) is 3.54. The summed E-state index contributed by atoms with van der Waals surface area (Å²) in [5.74, 6) is -0.00343. The maximum absolute atomic E-state index is 12.3. The molecule has 0 bridgehead atoms. The number of nitrogens with zero attached hydrogens (tertiary/aromatic N) is 2. The third kappa shape index (κ3) is 2.33. The lowest BCUT2D eigenvalue weighted by Gasteiger charge is -2.07. The maximum Gasteiger partial charge on any atom is 0.276 e. The highest BCUT2D eigenvalue weighted by Crippen LogP contribution is 2.20. The van der Waals surface area contributed by atoms with Gasteiger partial charge in [0.25, 0.3) is 5.91 Å². The second kappa shape index (κ2) is 5.27. The van der Waals surface area contributed by atoms with Crippen LogP contribution >= 0.6 is 11.6 Å². The summed E-state index contributed by atoms with van der Waals surface area (Å²) >= 11 is 5.98. The molecule has 4 nitrogen and oxygen atoms in total. The molecule has 3 aromatic rings. The lowest BCUT2D eigenvalue weighted by molar-refractivity contribution is 0.102. The number of nitrogens with one attached hydrogen (secondary N) is 1. The molecule has 20 heavy (non-hydrogen) atoms. The number of halogens is 1. The average molecular weight is 284 g/mol. The van der Waals surface area contributed by atoms with Crippen LogP contribution in [-0.4, -0.2) is 15.9 Å². The largest absolute Gasteiger partial charge is 0.304 e. The van der Waals surface area contributed by atoms with Gasteiger partial charge in [-0.3, -0.25) is 9.78 Å². The third-order valence-corrected chi connectivity index (χ3v) is 3.18. The quantitative estimate of drug-likeness (QED) is 0.783. The van der Waals surface area contributed by atoms with Gasteiger partial charge in [0.05, 0.1) is 5.02 Å². The topological polar surface area (TPSA) is 54.9 Å². The molecule has 98 valence electrons. The van der Waals surface area contributed by atoms with Crippen molar-refractivity contribution in [3.05, 3.63) is 65.6 Å². The van der Waals surface area contributed by atoms with E-state index in [1.165, 1.54) is 0 Å². The number of hydrogen-bond acceptors (Lipinski definition) is 3. The van der Waals surface area contributed by atoms with Crippen molar-refractivity contribution in [3.63, 3.8) is 0 Å². The molecule has 1 aromatic carbocycles. The SMILES string of the molecule is O=C(Nc1ncccc1Cl)c1nccc2ccccc12. The van der Waals surface area contributed by atoms with E-state index in [9.17, 15) is 4.79 Å². The number of carbonyl (C=O) groups excluding carboxylic acids is 1. The number of amides is 1. The number of carbonyl (C=O) groups is 1. The smallest absolute Gasteiger partial charge is 0.276 e. The van der Waals surface area contributed by atoms with Crippen molar-refractivity contribution in [1.82, 2.24) is 9.97 Å². The number of benzene rings is 1. The fourth-order valence-electron chi connectivity index (χ4n) is 1.94. The van der Waals surface area contributed by atoms with Gasteiger partial charge < -0.3 is 5.32 Å². The summed E-state index contributed by atoms with van der Waals surface area (Å²) in [5, 5.41) is 4.81. The first kappa shape index (κ1) is 12.6. The number of anilines is 1. The molecule has 1 amide bonds. The molecule has 2 aromatic heterocycles. The Morgan fingerprint density at radius 3 is 2.70 bits per heavy atom. The molecule has 0 radical (unpaired) electrons. The van der Waals surface area contributed by atoms with Crippen LogP contribution in [0, 0.1) is 0 Å². The van der Waals surface area contributed by atoms with Crippen molar-refractivity contribution < 1.29 is 4.79 Å². The number of pyridine rings is 2. The van der Waals surface area contributed by atoms with E-state index in [0.29, 0.717) is 16.5 Å². The highest BCUT2D eigenvalue weighted by atomic mass is 35.5. The zero-order valence-electron chi connectivity index (χ0n) is 10.4. The second-order valence-electron chi connectivity index (χ2n) is 4.17. The van der Waals surface area contributed by atoms with Gasteiger partial charge in [0, 0.05) is 17.8 Å². The molecule has 0 atom stereocenters. The number of hydrogen-bond donors (Lipinski definition) is 1. The Morgan fingerprint density at radius 1 is 1.00 bits per heavy atom. The molecule has 0 aliphatic carbocycles. The van der Waals surface area contributed by atoms with Crippen molar-refractivity contribution in [2.45, 2.75) is 0 Å². The van der Waals surface area contributed by atoms with E-state index in [2.05, 4.69) is 15.3 Å². The summed E-state index contributed by atoms with van der Waals surface area (Å²) in [7, 11) is 0. The van der Waals surface area contributed by atoms with Gasteiger partial charge >= 0.3 is 0 Å². The van der Waals surface area contributed by atoms with Gasteiger partial charge in [-0.15, -0.1) is 0 Å². The van der Waals surface area contributed by atoms with Gasteiger partial charge in [0.15, 0.2) is 5.82 Å². The zero-order chi connectivity index (χ0) is 13.9. The van der Waals surface area contributed by atoms with Gasteiger partial charge in [0.2, 0.25) is 0 Å². The van der Waals surface area contributed by atoms with Gasteiger partial charge in [-0.1, -0.05) is 35.9 Å². The van der Waals surface area contributed by atoms with Crippen LogP contribution in [0.5, 0.6) is 0 Å². The molecule has 0 saturated heterocycles. The summed E-state index contributed by atoms with van der Waals surface area (Å²) in [6, 6.07) is 12.8. The van der Waals surface area contributed by atoms with Gasteiger partial charge in [0.1, 0.15) is 5.69 Å². The molecule has 2 heterocycles. The van der Waals surface area contributed by atoms with E-state index in [4.69, 9.17) is 11.6 Å². The highest BCUT2D eigenvalue weighted by Gasteiger charge is 2.13. The van der Waals surface area contributed by atoms with Crippen LogP contribution in [-0.2, 0) is 0 Å². The third-order valence-electron chi connectivity index (χ3n) is 2.88. The first-order chi connectivity index (χ1) is 9.75. The summed E-state index contributed by atoms with van der Waals surface area (Å²) < 4.78 is 0. The molecule has 5 heteroatoms. The monoisotopic (exact) mass is 283 g/mol. The number of fused-ring (bicyclic) bond motifs is 1. The Labute approximate surface area is 120 Å². The fourth-order valence-corrected chi connectivity index (χ4v) is 2.11. The first-order valence-corrected chi connectivity index (χ1v) is 6.39. The standard InChI is InChI=1S/C15H10ClN3O/c16-12-6-3-8-18-14(12)19-15(20)13-11-5-2-1-4-10(11)7-9-17-13/h1-9H,(H,18,19,20). The van der Waals surface area contributed by atoms with Crippen LogP contribution in [0.25, 0.3) is 10.8 Å². The molecular weight excluding hydrogens is 274 g/mol. The van der Waals surface area contributed by atoms with Crippen molar-refractivity contribution in [3.8, 4) is 0 Å². The minimum Gasteiger partial charge on any atom is -0.304 e. The van der Waals surface area contributed by atoms with Crippen molar-refractivity contribution in [2.24, 2.45) is 0 Å². The molecule has 0 aliphatic heterocycles. The van der Waals surface area contributed by atoms with E-state index >= 15 is 0 Å². The normalized spacial score (nSPS) is 10.4. The van der Waals surface area contributed by atoms with Gasteiger partial charge in [-0.05, 0) is 23.6 Å². The van der Waals surface area contributed by atoms with E-state index < -0.39 is 0 Å². The highest BCUT2D eigenvalue weighted by molar-refractivity contribution is 6.33. The molecular formula is C15H10ClN3O. The van der Waals surface area contributed by atoms with Crippen LogP contribution in [0.3, 0.4) is 0 Å². The van der Waals surface area contributed by atoms with Crippen molar-refractivity contribution >= 4 is 34.1 Å². The fraction of sp³-hybridized carbons (Fsp3) is 0. The molecule has 0 saturated carbocycles. The van der Waals surface area contributed by atoms with E-state index in [1.807, 2.05) is 30.3 Å². The number of rotatable bonds is 2. The summed E-state index contributed by atoms with van der Waals surface area (Å²) in [6.07, 6.45) is 3.18. The average Bonchev–Trinajstić information content (AvgIpc) is 2.49. The van der Waals surface area contributed by atoms with E-state index in [0.717, 1.165) is 10.8 Å². The molecule has 0 aliphatic rings. The summed E-state index contributed by atoms with van der Waals surface area (Å²) in [4.78, 5) is 20.5. The van der Waals surface area contributed by atoms with Crippen molar-refractivity contribution in [2.75, 3.05) is 5.32 Å². The maximum atomic E-state index is 12.3. The Balaban J connectivity index is 1.99. The second-order valence-corrected chi connectivity index (χ2v) is 4.58. The Kier molecular flexibility index (Phi) is 3.31. The summed E-state index contributed by atoms with van der Waals surface area (Å²) in [6.45, 7) is 0. The first-order valence-electron chi connectivity index (χ1n) is 6.01. The lowest BCUT2D eigenvalue weighted by Crippen LogP contribution is -2.15. The molecule has 1 N–H and O–H groups in total. The minimum absolute atomic E-state index is 0.328. The Morgan fingerprint density at radius 2 is 1.85 bits per heavy atom.